The molecule has 3 aromatic carbocycles. The number of benzene rings is 3. The molecule has 0 spiro atoms. The molecule has 0 saturated heterocycles. The first-order valence-corrected chi connectivity index (χ1v) is 8.45. The molecule has 4 rings (SSSR count). The van der Waals surface area contributed by atoms with Gasteiger partial charge in [-0.3, -0.25) is 4.79 Å². The Kier molecular flexibility index (Phi) is 4.35. The summed E-state index contributed by atoms with van der Waals surface area (Å²) in [5.74, 6) is 0.134. The van der Waals surface area contributed by atoms with E-state index in [9.17, 15) is 18.0 Å². The third-order valence-corrected chi connectivity index (χ3v) is 4.24. The van der Waals surface area contributed by atoms with Crippen molar-refractivity contribution in [2.24, 2.45) is 0 Å². The van der Waals surface area contributed by atoms with Crippen LogP contribution in [0.2, 0.25) is 0 Å². The first-order valence-electron chi connectivity index (χ1n) is 8.45. The fraction of sp³-hybridized carbons (Fsp3) is 0.0476. The first kappa shape index (κ1) is 17.8. The molecule has 0 radical (unpaired) electrons. The van der Waals surface area contributed by atoms with Crippen molar-refractivity contribution in [1.82, 2.24) is 9.55 Å². The minimum absolute atomic E-state index is 0.0801. The Morgan fingerprint density at radius 3 is 2.32 bits per heavy atom. The number of nitrogens with one attached hydrogen (secondary N) is 1. The highest BCUT2D eigenvalue weighted by molar-refractivity contribution is 5.80. The summed E-state index contributed by atoms with van der Waals surface area (Å²) in [6.07, 6.45) is -4.52. The molecule has 0 aliphatic heterocycles. The lowest BCUT2D eigenvalue weighted by molar-refractivity contribution is -0.137. The smallest absolute Gasteiger partial charge is 0.325 e. The number of alkyl halides is 3. The molecule has 0 bridgehead atoms. The molecule has 140 valence electrons. The molecule has 1 N–H and O–H groups in total. The van der Waals surface area contributed by atoms with Crippen LogP contribution in [-0.4, -0.2) is 9.55 Å². The van der Waals surface area contributed by atoms with Crippen molar-refractivity contribution in [1.29, 1.82) is 0 Å². The van der Waals surface area contributed by atoms with Crippen molar-refractivity contribution in [3.05, 3.63) is 94.8 Å². The SMILES string of the molecule is O=c1c2ccccc2nc(Nc2ccccc2)n1-c1cccc(C(F)(F)F)c1. The second-order valence-electron chi connectivity index (χ2n) is 6.13. The van der Waals surface area contributed by atoms with Gasteiger partial charge in [0.1, 0.15) is 0 Å². The molecular formula is C21H14F3N3O. The predicted molar refractivity (Wildman–Crippen MR) is 102 cm³/mol. The summed E-state index contributed by atoms with van der Waals surface area (Å²) in [5, 5.41) is 3.35. The standard InChI is InChI=1S/C21H14F3N3O/c22-21(23,24)14-7-6-10-16(13-14)27-19(28)17-11-4-5-12-18(17)26-20(27)25-15-8-2-1-3-9-15/h1-13H,(H,25,26). The van der Waals surface area contributed by atoms with Crippen LogP contribution in [0.3, 0.4) is 0 Å². The van der Waals surface area contributed by atoms with Crippen LogP contribution in [0, 0.1) is 0 Å². The lowest BCUT2D eigenvalue weighted by atomic mass is 10.2. The van der Waals surface area contributed by atoms with Crippen LogP contribution in [0.5, 0.6) is 0 Å². The van der Waals surface area contributed by atoms with Gasteiger partial charge in [0.25, 0.3) is 5.56 Å². The Hall–Kier alpha value is -3.61. The Morgan fingerprint density at radius 1 is 0.857 bits per heavy atom. The number of halogens is 3. The molecule has 0 aliphatic rings. The Labute approximate surface area is 157 Å². The topological polar surface area (TPSA) is 46.9 Å². The molecule has 28 heavy (non-hydrogen) atoms. The van der Waals surface area contributed by atoms with Crippen molar-refractivity contribution >= 4 is 22.5 Å². The zero-order valence-electron chi connectivity index (χ0n) is 14.4. The van der Waals surface area contributed by atoms with Crippen LogP contribution < -0.4 is 10.9 Å². The summed E-state index contributed by atoms with van der Waals surface area (Å²) in [6.45, 7) is 0. The van der Waals surface area contributed by atoms with Crippen LogP contribution in [0.15, 0.2) is 83.7 Å². The number of hydrogen-bond acceptors (Lipinski definition) is 3. The summed E-state index contributed by atoms with van der Waals surface area (Å²) >= 11 is 0. The van der Waals surface area contributed by atoms with E-state index in [4.69, 9.17) is 0 Å². The number of rotatable bonds is 3. The highest BCUT2D eigenvalue weighted by atomic mass is 19.4. The zero-order chi connectivity index (χ0) is 19.7. The monoisotopic (exact) mass is 381 g/mol. The minimum Gasteiger partial charge on any atom is -0.325 e. The lowest BCUT2D eigenvalue weighted by Gasteiger charge is -2.16. The quantitative estimate of drug-likeness (QED) is 0.534. The molecule has 1 aromatic heterocycles. The maximum atomic E-state index is 13.2. The van der Waals surface area contributed by atoms with Crippen LogP contribution >= 0.6 is 0 Å². The van der Waals surface area contributed by atoms with Crippen LogP contribution in [-0.2, 0) is 6.18 Å². The molecule has 0 aliphatic carbocycles. The van der Waals surface area contributed by atoms with Gasteiger partial charge in [-0.05, 0) is 42.5 Å². The number of para-hydroxylation sites is 2. The molecule has 0 saturated carbocycles. The van der Waals surface area contributed by atoms with Gasteiger partial charge in [0.15, 0.2) is 0 Å². The lowest BCUT2D eigenvalue weighted by Crippen LogP contribution is -2.23. The van der Waals surface area contributed by atoms with Crippen LogP contribution in [0.25, 0.3) is 16.6 Å². The Balaban J connectivity index is 1.97. The van der Waals surface area contributed by atoms with Gasteiger partial charge in [-0.15, -0.1) is 0 Å². The van der Waals surface area contributed by atoms with E-state index in [-0.39, 0.29) is 11.6 Å². The van der Waals surface area contributed by atoms with Crippen molar-refractivity contribution in [2.75, 3.05) is 5.32 Å². The van der Waals surface area contributed by atoms with Gasteiger partial charge in [-0.2, -0.15) is 13.2 Å². The minimum atomic E-state index is -4.52. The summed E-state index contributed by atoms with van der Waals surface area (Å²) in [6, 6.07) is 20.3. The van der Waals surface area contributed by atoms with Gasteiger partial charge >= 0.3 is 6.18 Å². The molecule has 0 atom stereocenters. The van der Waals surface area contributed by atoms with E-state index < -0.39 is 17.3 Å². The van der Waals surface area contributed by atoms with E-state index in [0.29, 0.717) is 16.6 Å². The van der Waals surface area contributed by atoms with Gasteiger partial charge in [0, 0.05) is 5.69 Å². The fourth-order valence-electron chi connectivity index (χ4n) is 2.93. The normalized spacial score (nSPS) is 11.5. The van der Waals surface area contributed by atoms with E-state index in [0.717, 1.165) is 16.7 Å². The number of nitrogens with zero attached hydrogens (tertiary/aromatic N) is 2. The van der Waals surface area contributed by atoms with E-state index in [2.05, 4.69) is 10.3 Å². The molecule has 0 amide bonds. The second-order valence-corrected chi connectivity index (χ2v) is 6.13. The Morgan fingerprint density at radius 2 is 1.57 bits per heavy atom. The van der Waals surface area contributed by atoms with Crippen LogP contribution in [0.1, 0.15) is 5.56 Å². The van der Waals surface area contributed by atoms with E-state index in [1.54, 1.807) is 48.5 Å². The maximum absolute atomic E-state index is 13.2. The Bertz CT molecular complexity index is 1200. The van der Waals surface area contributed by atoms with Crippen molar-refractivity contribution in [3.63, 3.8) is 0 Å². The average Bonchev–Trinajstić information content (AvgIpc) is 2.68. The van der Waals surface area contributed by atoms with Crippen molar-refractivity contribution < 1.29 is 13.2 Å². The molecule has 1 heterocycles. The highest BCUT2D eigenvalue weighted by Gasteiger charge is 2.30. The van der Waals surface area contributed by atoms with E-state index in [1.165, 1.54) is 12.1 Å². The van der Waals surface area contributed by atoms with Gasteiger partial charge < -0.3 is 5.32 Å². The number of anilines is 2. The molecule has 0 fully saturated rings. The first-order chi connectivity index (χ1) is 13.4. The van der Waals surface area contributed by atoms with Crippen molar-refractivity contribution in [3.8, 4) is 5.69 Å². The molecule has 4 nitrogen and oxygen atoms in total. The molecule has 0 unspecified atom stereocenters. The summed E-state index contributed by atoms with van der Waals surface area (Å²) in [4.78, 5) is 17.6. The van der Waals surface area contributed by atoms with Gasteiger partial charge in [0.2, 0.25) is 5.95 Å². The predicted octanol–water partition coefficient (Wildman–Crippen LogP) is 5.15. The average molecular weight is 381 g/mol. The summed E-state index contributed by atoms with van der Waals surface area (Å²) in [5.41, 5.74) is -0.102. The number of fused-ring (bicyclic) bond motifs is 1. The van der Waals surface area contributed by atoms with Gasteiger partial charge in [-0.25, -0.2) is 9.55 Å². The van der Waals surface area contributed by atoms with Crippen LogP contribution in [0.4, 0.5) is 24.8 Å². The maximum Gasteiger partial charge on any atom is 0.416 e. The third kappa shape index (κ3) is 3.34. The van der Waals surface area contributed by atoms with Gasteiger partial charge in [0.05, 0.1) is 22.2 Å². The molecule has 4 aromatic rings. The highest BCUT2D eigenvalue weighted by Crippen LogP contribution is 2.31. The molecule has 7 heteroatoms. The summed E-state index contributed by atoms with van der Waals surface area (Å²) in [7, 11) is 0. The second kappa shape index (κ2) is 6.84. The van der Waals surface area contributed by atoms with E-state index in [1.807, 2.05) is 6.07 Å². The van der Waals surface area contributed by atoms with Gasteiger partial charge in [-0.1, -0.05) is 36.4 Å². The largest absolute Gasteiger partial charge is 0.416 e. The third-order valence-electron chi connectivity index (χ3n) is 4.24. The zero-order valence-corrected chi connectivity index (χ0v) is 14.4. The van der Waals surface area contributed by atoms with E-state index >= 15 is 0 Å². The summed E-state index contributed by atoms with van der Waals surface area (Å²) < 4.78 is 40.7. The molecular weight excluding hydrogens is 367 g/mol. The number of aromatic nitrogens is 2. The fourth-order valence-corrected chi connectivity index (χ4v) is 2.93. The number of hydrogen-bond donors (Lipinski definition) is 1. The van der Waals surface area contributed by atoms with Crippen molar-refractivity contribution in [2.45, 2.75) is 6.18 Å².